The van der Waals surface area contributed by atoms with Crippen LogP contribution in [-0.4, -0.2) is 22.1 Å². The van der Waals surface area contributed by atoms with Crippen LogP contribution in [0.15, 0.2) is 29.0 Å². The minimum absolute atomic E-state index is 0.309. The SMILES string of the molecule is Cc1cc(C(=O)O)cc(N(Cc2ccsc2)C2CC2)n1. The van der Waals surface area contributed by atoms with Crippen LogP contribution in [0.4, 0.5) is 5.82 Å². The molecule has 3 rings (SSSR count). The molecule has 1 aliphatic carbocycles. The van der Waals surface area contributed by atoms with E-state index in [0.717, 1.165) is 30.9 Å². The number of aryl methyl sites for hydroxylation is 1. The number of hydrogen-bond donors (Lipinski definition) is 1. The fourth-order valence-corrected chi connectivity index (χ4v) is 2.94. The minimum Gasteiger partial charge on any atom is -0.478 e. The van der Waals surface area contributed by atoms with Crippen LogP contribution in [0.1, 0.15) is 34.5 Å². The lowest BCUT2D eigenvalue weighted by atomic mass is 10.2. The van der Waals surface area contributed by atoms with Crippen LogP contribution in [0.3, 0.4) is 0 Å². The maximum absolute atomic E-state index is 11.2. The fraction of sp³-hybridized carbons (Fsp3) is 0.333. The molecule has 0 atom stereocenters. The first-order valence-electron chi connectivity index (χ1n) is 6.63. The number of aromatic nitrogens is 1. The molecule has 0 aromatic carbocycles. The number of carboxylic acid groups (broad SMARTS) is 1. The smallest absolute Gasteiger partial charge is 0.335 e. The van der Waals surface area contributed by atoms with Crippen molar-refractivity contribution in [1.29, 1.82) is 0 Å². The van der Waals surface area contributed by atoms with Crippen LogP contribution in [0.5, 0.6) is 0 Å². The van der Waals surface area contributed by atoms with Crippen LogP contribution in [0.25, 0.3) is 0 Å². The molecule has 1 aliphatic rings. The molecule has 2 heterocycles. The van der Waals surface area contributed by atoms with Gasteiger partial charge in [-0.2, -0.15) is 11.3 Å². The largest absolute Gasteiger partial charge is 0.478 e. The zero-order chi connectivity index (χ0) is 14.1. The van der Waals surface area contributed by atoms with Crippen molar-refractivity contribution in [3.8, 4) is 0 Å². The molecule has 5 heteroatoms. The second-order valence-corrected chi connectivity index (χ2v) is 5.93. The highest BCUT2D eigenvalue weighted by atomic mass is 32.1. The molecule has 4 nitrogen and oxygen atoms in total. The number of carboxylic acids is 1. The molecular formula is C15H16N2O2S. The minimum atomic E-state index is -0.900. The van der Waals surface area contributed by atoms with Crippen LogP contribution in [-0.2, 0) is 6.54 Å². The van der Waals surface area contributed by atoms with Gasteiger partial charge in [0.2, 0.25) is 0 Å². The first-order chi connectivity index (χ1) is 9.63. The summed E-state index contributed by atoms with van der Waals surface area (Å²) in [4.78, 5) is 17.9. The van der Waals surface area contributed by atoms with Crippen molar-refractivity contribution < 1.29 is 9.90 Å². The van der Waals surface area contributed by atoms with Crippen molar-refractivity contribution in [3.05, 3.63) is 45.8 Å². The molecule has 0 saturated heterocycles. The van der Waals surface area contributed by atoms with E-state index in [1.807, 2.05) is 6.92 Å². The van der Waals surface area contributed by atoms with Gasteiger partial charge in [0.1, 0.15) is 5.82 Å². The highest BCUT2D eigenvalue weighted by Gasteiger charge is 2.30. The Balaban J connectivity index is 1.93. The van der Waals surface area contributed by atoms with Gasteiger partial charge in [-0.3, -0.25) is 0 Å². The summed E-state index contributed by atoms with van der Waals surface area (Å²) in [6.45, 7) is 2.63. The van der Waals surface area contributed by atoms with Gasteiger partial charge >= 0.3 is 5.97 Å². The molecule has 0 unspecified atom stereocenters. The summed E-state index contributed by atoms with van der Waals surface area (Å²) < 4.78 is 0. The number of rotatable bonds is 5. The lowest BCUT2D eigenvalue weighted by Gasteiger charge is -2.23. The zero-order valence-corrected chi connectivity index (χ0v) is 12.1. The molecule has 0 bridgehead atoms. The van der Waals surface area contributed by atoms with Gasteiger partial charge in [-0.05, 0) is 54.3 Å². The van der Waals surface area contributed by atoms with E-state index >= 15 is 0 Å². The second kappa shape index (κ2) is 5.25. The third kappa shape index (κ3) is 2.82. The van der Waals surface area contributed by atoms with Crippen molar-refractivity contribution in [1.82, 2.24) is 4.98 Å². The van der Waals surface area contributed by atoms with Gasteiger partial charge in [-0.1, -0.05) is 0 Å². The number of pyridine rings is 1. The summed E-state index contributed by atoms with van der Waals surface area (Å²) in [5.74, 6) is -0.126. The van der Waals surface area contributed by atoms with Crippen LogP contribution in [0, 0.1) is 6.92 Å². The average molecular weight is 288 g/mol. The number of aromatic carboxylic acids is 1. The second-order valence-electron chi connectivity index (χ2n) is 5.15. The van der Waals surface area contributed by atoms with Crippen LogP contribution in [0.2, 0.25) is 0 Å². The van der Waals surface area contributed by atoms with E-state index in [9.17, 15) is 9.90 Å². The number of thiophene rings is 1. The zero-order valence-electron chi connectivity index (χ0n) is 11.2. The van der Waals surface area contributed by atoms with Crippen molar-refractivity contribution in [2.45, 2.75) is 32.4 Å². The van der Waals surface area contributed by atoms with E-state index in [1.54, 1.807) is 23.5 Å². The molecule has 1 fully saturated rings. The Labute approximate surface area is 121 Å². The van der Waals surface area contributed by atoms with E-state index in [2.05, 4.69) is 26.7 Å². The average Bonchev–Trinajstić information content (AvgIpc) is 3.12. The lowest BCUT2D eigenvalue weighted by molar-refractivity contribution is 0.0696. The molecule has 0 radical (unpaired) electrons. The Morgan fingerprint density at radius 2 is 2.30 bits per heavy atom. The molecule has 2 aromatic rings. The number of nitrogens with zero attached hydrogens (tertiary/aromatic N) is 2. The quantitative estimate of drug-likeness (QED) is 0.917. The van der Waals surface area contributed by atoms with Crippen molar-refractivity contribution in [2.75, 3.05) is 4.90 Å². The fourth-order valence-electron chi connectivity index (χ4n) is 2.28. The molecule has 20 heavy (non-hydrogen) atoms. The first-order valence-corrected chi connectivity index (χ1v) is 7.57. The predicted octanol–water partition coefficient (Wildman–Crippen LogP) is 3.32. The topological polar surface area (TPSA) is 53.4 Å². The molecular weight excluding hydrogens is 272 g/mol. The third-order valence-electron chi connectivity index (χ3n) is 3.40. The van der Waals surface area contributed by atoms with Gasteiger partial charge in [0.25, 0.3) is 0 Å². The highest BCUT2D eigenvalue weighted by Crippen LogP contribution is 2.33. The van der Waals surface area contributed by atoms with Crippen molar-refractivity contribution in [2.24, 2.45) is 0 Å². The van der Waals surface area contributed by atoms with Crippen molar-refractivity contribution >= 4 is 23.1 Å². The number of carbonyl (C=O) groups is 1. The predicted molar refractivity (Wildman–Crippen MR) is 79.5 cm³/mol. The summed E-state index contributed by atoms with van der Waals surface area (Å²) in [6, 6.07) is 5.89. The molecule has 1 N–H and O–H groups in total. The summed E-state index contributed by atoms with van der Waals surface area (Å²) in [6.07, 6.45) is 2.31. The van der Waals surface area contributed by atoms with Gasteiger partial charge in [-0.15, -0.1) is 0 Å². The summed E-state index contributed by atoms with van der Waals surface area (Å²) in [5, 5.41) is 13.4. The van der Waals surface area contributed by atoms with E-state index in [4.69, 9.17) is 0 Å². The monoisotopic (exact) mass is 288 g/mol. The van der Waals surface area contributed by atoms with Crippen LogP contribution >= 0.6 is 11.3 Å². The summed E-state index contributed by atoms with van der Waals surface area (Å²) >= 11 is 1.68. The van der Waals surface area contributed by atoms with Gasteiger partial charge in [0.15, 0.2) is 0 Å². The first kappa shape index (κ1) is 13.1. The molecule has 1 saturated carbocycles. The summed E-state index contributed by atoms with van der Waals surface area (Å²) in [7, 11) is 0. The Morgan fingerprint density at radius 3 is 2.90 bits per heavy atom. The van der Waals surface area contributed by atoms with E-state index < -0.39 is 5.97 Å². The number of anilines is 1. The molecule has 0 spiro atoms. The van der Waals surface area contributed by atoms with Gasteiger partial charge in [0, 0.05) is 18.3 Å². The van der Waals surface area contributed by atoms with Gasteiger partial charge < -0.3 is 10.0 Å². The van der Waals surface area contributed by atoms with E-state index in [1.165, 1.54) is 5.56 Å². The molecule has 2 aromatic heterocycles. The molecule has 0 amide bonds. The van der Waals surface area contributed by atoms with E-state index in [0.29, 0.717) is 11.6 Å². The van der Waals surface area contributed by atoms with Gasteiger partial charge in [0.05, 0.1) is 5.56 Å². The maximum Gasteiger partial charge on any atom is 0.335 e. The molecule has 104 valence electrons. The van der Waals surface area contributed by atoms with Crippen LogP contribution < -0.4 is 4.90 Å². The normalized spacial score (nSPS) is 14.2. The maximum atomic E-state index is 11.2. The Morgan fingerprint density at radius 1 is 1.50 bits per heavy atom. The number of hydrogen-bond acceptors (Lipinski definition) is 4. The highest BCUT2D eigenvalue weighted by molar-refractivity contribution is 7.07. The standard InChI is InChI=1S/C15H16N2O2S/c1-10-6-12(15(18)19)7-14(16-10)17(13-2-3-13)8-11-4-5-20-9-11/h4-7,9,13H,2-3,8H2,1H3,(H,18,19). The Kier molecular flexibility index (Phi) is 3.44. The molecule has 0 aliphatic heterocycles. The Hall–Kier alpha value is -1.88. The Bertz CT molecular complexity index is 621. The van der Waals surface area contributed by atoms with E-state index in [-0.39, 0.29) is 0 Å². The third-order valence-corrected chi connectivity index (χ3v) is 4.13. The van der Waals surface area contributed by atoms with Crippen molar-refractivity contribution in [3.63, 3.8) is 0 Å². The van der Waals surface area contributed by atoms with Gasteiger partial charge in [-0.25, -0.2) is 9.78 Å². The lowest BCUT2D eigenvalue weighted by Crippen LogP contribution is -2.26. The summed E-state index contributed by atoms with van der Waals surface area (Å²) in [5.41, 5.74) is 2.31.